The Morgan fingerprint density at radius 1 is 0.926 bits per heavy atom. The Bertz CT molecular complexity index is 916. The summed E-state index contributed by atoms with van der Waals surface area (Å²) in [6.45, 7) is 5.80. The van der Waals surface area contributed by atoms with Crippen molar-refractivity contribution in [1.29, 1.82) is 0 Å². The topological polar surface area (TPSA) is 64.1 Å². The second-order valence-corrected chi connectivity index (χ2v) is 7.09. The fourth-order valence-electron chi connectivity index (χ4n) is 2.36. The Morgan fingerprint density at radius 3 is 2.15 bits per heavy atom. The van der Waals surface area contributed by atoms with Crippen molar-refractivity contribution in [2.45, 2.75) is 26.3 Å². The summed E-state index contributed by atoms with van der Waals surface area (Å²) < 4.78 is 18.4. The quantitative estimate of drug-likeness (QED) is 0.734. The number of rotatable bonds is 4. The van der Waals surface area contributed by atoms with Gasteiger partial charge in [0.15, 0.2) is 0 Å². The molecule has 0 saturated carbocycles. The third-order valence-corrected chi connectivity index (χ3v) is 3.61. The third kappa shape index (κ3) is 5.10. The summed E-state index contributed by atoms with van der Waals surface area (Å²) in [5.41, 5.74) is 1.78. The molecule has 0 unspecified atom stereocenters. The lowest BCUT2D eigenvalue weighted by Gasteiger charge is -2.20. The van der Waals surface area contributed by atoms with Gasteiger partial charge in [-0.3, -0.25) is 4.79 Å². The maximum atomic E-state index is 12.9. The number of aromatic nitrogens is 2. The molecule has 0 aliphatic rings. The van der Waals surface area contributed by atoms with E-state index in [2.05, 4.69) is 15.5 Å². The van der Waals surface area contributed by atoms with Gasteiger partial charge in [-0.25, -0.2) is 4.39 Å². The van der Waals surface area contributed by atoms with Crippen molar-refractivity contribution >= 4 is 5.91 Å². The first kappa shape index (κ1) is 18.5. The van der Waals surface area contributed by atoms with E-state index in [9.17, 15) is 9.18 Å². The number of ether oxygens (including phenoxy) is 1. The standard InChI is InChI=1S/C21H20FN3O2/c1-21(2,3)23-20(26)15-6-4-14(5-7-15)18-12-13-19(25-24-18)27-17-10-8-16(22)9-11-17/h4-13H,1-3H3,(H,23,26). The predicted molar refractivity (Wildman–Crippen MR) is 101 cm³/mol. The zero-order chi connectivity index (χ0) is 19.4. The van der Waals surface area contributed by atoms with Crippen LogP contribution in [-0.4, -0.2) is 21.6 Å². The van der Waals surface area contributed by atoms with Crippen molar-refractivity contribution in [1.82, 2.24) is 15.5 Å². The smallest absolute Gasteiger partial charge is 0.251 e. The van der Waals surface area contributed by atoms with Gasteiger partial charge in [0.2, 0.25) is 5.88 Å². The summed E-state index contributed by atoms with van der Waals surface area (Å²) in [4.78, 5) is 12.2. The lowest BCUT2D eigenvalue weighted by atomic mass is 10.1. The van der Waals surface area contributed by atoms with E-state index in [1.165, 1.54) is 24.3 Å². The molecule has 0 fully saturated rings. The van der Waals surface area contributed by atoms with Crippen LogP contribution in [0.1, 0.15) is 31.1 Å². The van der Waals surface area contributed by atoms with E-state index in [1.807, 2.05) is 32.9 Å². The molecule has 0 bridgehead atoms. The van der Waals surface area contributed by atoms with Crippen LogP contribution in [0.15, 0.2) is 60.7 Å². The minimum atomic E-state index is -0.330. The molecule has 0 saturated heterocycles. The van der Waals surface area contributed by atoms with Crippen LogP contribution < -0.4 is 10.1 Å². The third-order valence-electron chi connectivity index (χ3n) is 3.61. The van der Waals surface area contributed by atoms with Crippen LogP contribution in [0.3, 0.4) is 0 Å². The molecular formula is C21H20FN3O2. The van der Waals surface area contributed by atoms with E-state index in [-0.39, 0.29) is 17.3 Å². The molecule has 138 valence electrons. The number of halogens is 1. The molecular weight excluding hydrogens is 345 g/mol. The minimum absolute atomic E-state index is 0.122. The molecule has 0 spiro atoms. The van der Waals surface area contributed by atoms with Gasteiger partial charge < -0.3 is 10.1 Å². The molecule has 1 amide bonds. The average Bonchev–Trinajstić information content (AvgIpc) is 2.63. The molecule has 3 aromatic rings. The van der Waals surface area contributed by atoms with Gasteiger partial charge in [-0.2, -0.15) is 0 Å². The van der Waals surface area contributed by atoms with E-state index in [0.29, 0.717) is 22.9 Å². The maximum absolute atomic E-state index is 12.9. The molecule has 1 aromatic heterocycles. The van der Waals surface area contributed by atoms with E-state index in [1.54, 1.807) is 24.3 Å². The van der Waals surface area contributed by atoms with E-state index < -0.39 is 0 Å². The summed E-state index contributed by atoms with van der Waals surface area (Å²) >= 11 is 0. The second-order valence-electron chi connectivity index (χ2n) is 7.09. The van der Waals surface area contributed by atoms with Gasteiger partial charge in [-0.15, -0.1) is 10.2 Å². The number of hydrogen-bond acceptors (Lipinski definition) is 4. The van der Waals surface area contributed by atoms with Crippen molar-refractivity contribution in [3.8, 4) is 22.9 Å². The highest BCUT2D eigenvalue weighted by Crippen LogP contribution is 2.22. The van der Waals surface area contributed by atoms with Gasteiger partial charge in [0.05, 0.1) is 5.69 Å². The first-order chi connectivity index (χ1) is 12.8. The first-order valence-electron chi connectivity index (χ1n) is 8.50. The number of nitrogens with zero attached hydrogens (tertiary/aromatic N) is 2. The SMILES string of the molecule is CC(C)(C)NC(=O)c1ccc(-c2ccc(Oc3ccc(F)cc3)nn2)cc1. The minimum Gasteiger partial charge on any atom is -0.438 e. The van der Waals surface area contributed by atoms with Crippen molar-refractivity contribution in [3.05, 3.63) is 72.0 Å². The molecule has 0 aliphatic carbocycles. The van der Waals surface area contributed by atoms with Gasteiger partial charge >= 0.3 is 0 Å². The van der Waals surface area contributed by atoms with E-state index in [4.69, 9.17) is 4.74 Å². The summed E-state index contributed by atoms with van der Waals surface area (Å²) in [6, 6.07) is 16.3. The Hall–Kier alpha value is -3.28. The number of hydrogen-bond donors (Lipinski definition) is 1. The number of nitrogens with one attached hydrogen (secondary N) is 1. The molecule has 1 heterocycles. The van der Waals surface area contributed by atoms with Crippen LogP contribution in [0.25, 0.3) is 11.3 Å². The number of amides is 1. The highest BCUT2D eigenvalue weighted by Gasteiger charge is 2.15. The van der Waals surface area contributed by atoms with Crippen molar-refractivity contribution in [2.24, 2.45) is 0 Å². The fraction of sp³-hybridized carbons (Fsp3) is 0.190. The molecule has 1 N–H and O–H groups in total. The fourth-order valence-corrected chi connectivity index (χ4v) is 2.36. The molecule has 27 heavy (non-hydrogen) atoms. The van der Waals surface area contributed by atoms with Crippen molar-refractivity contribution in [3.63, 3.8) is 0 Å². The highest BCUT2D eigenvalue weighted by atomic mass is 19.1. The van der Waals surface area contributed by atoms with Crippen LogP contribution in [0.5, 0.6) is 11.6 Å². The summed E-state index contributed by atoms with van der Waals surface area (Å²) in [5, 5.41) is 11.1. The molecule has 0 aliphatic heterocycles. The maximum Gasteiger partial charge on any atom is 0.251 e. The van der Waals surface area contributed by atoms with Gasteiger partial charge in [0.1, 0.15) is 11.6 Å². The molecule has 3 rings (SSSR count). The van der Waals surface area contributed by atoms with Crippen LogP contribution >= 0.6 is 0 Å². The second kappa shape index (κ2) is 7.53. The Morgan fingerprint density at radius 2 is 1.59 bits per heavy atom. The number of carbonyl (C=O) groups is 1. The molecule has 2 aromatic carbocycles. The van der Waals surface area contributed by atoms with Gasteiger partial charge in [0, 0.05) is 22.7 Å². The Labute approximate surface area is 157 Å². The van der Waals surface area contributed by atoms with Crippen LogP contribution in [0, 0.1) is 5.82 Å². The zero-order valence-electron chi connectivity index (χ0n) is 15.4. The Balaban J connectivity index is 1.69. The molecule has 6 heteroatoms. The summed E-state index contributed by atoms with van der Waals surface area (Å²) in [7, 11) is 0. The number of benzene rings is 2. The van der Waals surface area contributed by atoms with Crippen LogP contribution in [0.4, 0.5) is 4.39 Å². The zero-order valence-corrected chi connectivity index (χ0v) is 15.4. The summed E-state index contributed by atoms with van der Waals surface area (Å²) in [5.74, 6) is 0.339. The van der Waals surface area contributed by atoms with Crippen molar-refractivity contribution < 1.29 is 13.9 Å². The molecule has 0 atom stereocenters. The van der Waals surface area contributed by atoms with Crippen LogP contribution in [-0.2, 0) is 0 Å². The lowest BCUT2D eigenvalue weighted by molar-refractivity contribution is 0.0919. The highest BCUT2D eigenvalue weighted by molar-refractivity contribution is 5.95. The van der Waals surface area contributed by atoms with Crippen molar-refractivity contribution in [2.75, 3.05) is 0 Å². The molecule has 5 nitrogen and oxygen atoms in total. The van der Waals surface area contributed by atoms with E-state index >= 15 is 0 Å². The van der Waals surface area contributed by atoms with Gasteiger partial charge in [-0.1, -0.05) is 12.1 Å². The average molecular weight is 365 g/mol. The normalized spacial score (nSPS) is 11.1. The largest absolute Gasteiger partial charge is 0.438 e. The lowest BCUT2D eigenvalue weighted by Crippen LogP contribution is -2.40. The first-order valence-corrected chi connectivity index (χ1v) is 8.50. The van der Waals surface area contributed by atoms with Gasteiger partial charge in [-0.05, 0) is 63.2 Å². The summed E-state index contributed by atoms with van der Waals surface area (Å²) in [6.07, 6.45) is 0. The Kier molecular flexibility index (Phi) is 5.16. The molecule has 0 radical (unpaired) electrons. The van der Waals surface area contributed by atoms with Crippen LogP contribution in [0.2, 0.25) is 0 Å². The monoisotopic (exact) mass is 365 g/mol. The van der Waals surface area contributed by atoms with Gasteiger partial charge in [0.25, 0.3) is 5.91 Å². The van der Waals surface area contributed by atoms with E-state index in [0.717, 1.165) is 5.56 Å². The number of carbonyl (C=O) groups excluding carboxylic acids is 1. The predicted octanol–water partition coefficient (Wildman–Crippen LogP) is 4.60.